The molecule has 2 rings (SSSR count). The average molecular weight is 286 g/mol. The highest BCUT2D eigenvalue weighted by atomic mass is 35.5. The van der Waals surface area contributed by atoms with Crippen molar-refractivity contribution in [2.75, 3.05) is 18.8 Å². The third-order valence-corrected chi connectivity index (χ3v) is 3.92. The van der Waals surface area contributed by atoms with Crippen molar-refractivity contribution in [3.8, 4) is 0 Å². The van der Waals surface area contributed by atoms with Gasteiger partial charge in [-0.15, -0.1) is 0 Å². The summed E-state index contributed by atoms with van der Waals surface area (Å²) in [6, 6.07) is 1.85. The first kappa shape index (κ1) is 13.6. The second kappa shape index (κ2) is 6.38. The minimum Gasteiger partial charge on any atom is -0.342 e. The van der Waals surface area contributed by atoms with E-state index in [1.165, 1.54) is 18.2 Å². The Morgan fingerprint density at radius 1 is 1.39 bits per heavy atom. The average Bonchev–Trinajstić information content (AvgIpc) is 2.36. The lowest BCUT2D eigenvalue weighted by Gasteiger charge is -2.26. The quantitative estimate of drug-likeness (QED) is 0.486. The summed E-state index contributed by atoms with van der Waals surface area (Å²) in [5.41, 5.74) is 0.822. The number of thioether (sulfide) groups is 1. The van der Waals surface area contributed by atoms with Crippen LogP contribution in [0.2, 0.25) is 5.28 Å². The highest BCUT2D eigenvalue weighted by Gasteiger charge is 2.16. The first-order chi connectivity index (χ1) is 8.65. The molecule has 0 saturated carbocycles. The molecule has 0 radical (unpaired) electrons. The Hall–Kier alpha value is -0.810. The predicted molar refractivity (Wildman–Crippen MR) is 72.9 cm³/mol. The number of carbonyl (C=O) groups excluding carboxylic acids is 1. The molecule has 98 valence electrons. The van der Waals surface area contributed by atoms with E-state index in [1.54, 1.807) is 0 Å². The normalized spacial score (nSPS) is 15.8. The maximum atomic E-state index is 12.0. The summed E-state index contributed by atoms with van der Waals surface area (Å²) < 4.78 is 0. The zero-order chi connectivity index (χ0) is 13.0. The highest BCUT2D eigenvalue weighted by molar-refractivity contribution is 7.99. The molecule has 0 aliphatic carbocycles. The van der Waals surface area contributed by atoms with E-state index in [9.17, 15) is 4.79 Å². The van der Waals surface area contributed by atoms with Gasteiger partial charge < -0.3 is 4.90 Å². The second-order valence-electron chi connectivity index (χ2n) is 4.35. The molecule has 0 atom stereocenters. The van der Waals surface area contributed by atoms with Crippen molar-refractivity contribution < 1.29 is 4.79 Å². The number of piperidine rings is 1. The number of amides is 1. The van der Waals surface area contributed by atoms with Gasteiger partial charge in [-0.05, 0) is 43.9 Å². The number of aromatic nitrogens is 2. The highest BCUT2D eigenvalue weighted by Crippen LogP contribution is 2.19. The van der Waals surface area contributed by atoms with E-state index in [2.05, 4.69) is 9.97 Å². The van der Waals surface area contributed by atoms with Gasteiger partial charge >= 0.3 is 0 Å². The van der Waals surface area contributed by atoms with E-state index < -0.39 is 0 Å². The summed E-state index contributed by atoms with van der Waals surface area (Å²) in [5, 5.41) is 1.00. The monoisotopic (exact) mass is 285 g/mol. The van der Waals surface area contributed by atoms with Crippen molar-refractivity contribution in [3.05, 3.63) is 17.0 Å². The Morgan fingerprint density at radius 2 is 2.11 bits per heavy atom. The lowest BCUT2D eigenvalue weighted by Crippen LogP contribution is -2.36. The first-order valence-electron chi connectivity index (χ1n) is 6.07. The number of carbonyl (C=O) groups is 1. The summed E-state index contributed by atoms with van der Waals surface area (Å²) >= 11 is 7.21. The van der Waals surface area contributed by atoms with Crippen LogP contribution in [0.3, 0.4) is 0 Å². The van der Waals surface area contributed by atoms with Crippen LogP contribution in [-0.4, -0.2) is 39.6 Å². The molecule has 1 aliphatic rings. The van der Waals surface area contributed by atoms with Crippen LogP contribution in [0.5, 0.6) is 0 Å². The molecule has 18 heavy (non-hydrogen) atoms. The fraction of sp³-hybridized carbons (Fsp3) is 0.583. The molecular weight excluding hydrogens is 270 g/mol. The minimum atomic E-state index is 0.187. The number of rotatable bonds is 3. The smallest absolute Gasteiger partial charge is 0.232 e. The van der Waals surface area contributed by atoms with Gasteiger partial charge in [-0.2, -0.15) is 0 Å². The van der Waals surface area contributed by atoms with E-state index in [0.29, 0.717) is 5.75 Å². The van der Waals surface area contributed by atoms with Crippen molar-refractivity contribution in [2.45, 2.75) is 31.2 Å². The van der Waals surface area contributed by atoms with Gasteiger partial charge in [0.25, 0.3) is 0 Å². The molecule has 0 N–H and O–H groups in total. The fourth-order valence-corrected chi connectivity index (χ4v) is 3.08. The Balaban J connectivity index is 1.88. The number of nitrogens with zero attached hydrogens (tertiary/aromatic N) is 3. The van der Waals surface area contributed by atoms with Crippen molar-refractivity contribution in [1.82, 2.24) is 14.9 Å². The molecule has 2 heterocycles. The maximum Gasteiger partial charge on any atom is 0.232 e. The fourth-order valence-electron chi connectivity index (χ4n) is 1.95. The minimum absolute atomic E-state index is 0.187. The van der Waals surface area contributed by atoms with Crippen molar-refractivity contribution in [1.29, 1.82) is 0 Å². The number of halogens is 1. The maximum absolute atomic E-state index is 12.0. The van der Waals surface area contributed by atoms with Crippen LogP contribution in [0.1, 0.15) is 25.0 Å². The van der Waals surface area contributed by atoms with E-state index >= 15 is 0 Å². The Bertz CT molecular complexity index is 415. The summed E-state index contributed by atoms with van der Waals surface area (Å²) in [6.07, 6.45) is 3.47. The molecule has 1 aromatic heterocycles. The lowest BCUT2D eigenvalue weighted by molar-refractivity contribution is -0.129. The molecule has 0 spiro atoms. The van der Waals surface area contributed by atoms with Crippen molar-refractivity contribution >= 4 is 29.3 Å². The summed E-state index contributed by atoms with van der Waals surface area (Å²) in [4.78, 5) is 22.0. The van der Waals surface area contributed by atoms with Crippen LogP contribution in [-0.2, 0) is 4.79 Å². The van der Waals surface area contributed by atoms with Crippen LogP contribution in [0.4, 0.5) is 0 Å². The van der Waals surface area contributed by atoms with Crippen molar-refractivity contribution in [2.24, 2.45) is 0 Å². The van der Waals surface area contributed by atoms with E-state index in [0.717, 1.165) is 36.7 Å². The molecule has 1 aromatic rings. The van der Waals surface area contributed by atoms with Crippen molar-refractivity contribution in [3.63, 3.8) is 0 Å². The molecule has 0 aromatic carbocycles. The van der Waals surface area contributed by atoms with Gasteiger partial charge in [0.1, 0.15) is 5.03 Å². The van der Waals surface area contributed by atoms with Crippen LogP contribution in [0.25, 0.3) is 0 Å². The summed E-state index contributed by atoms with van der Waals surface area (Å²) in [6.45, 7) is 3.65. The number of hydrogen-bond donors (Lipinski definition) is 0. The topological polar surface area (TPSA) is 46.1 Å². The molecule has 4 nitrogen and oxygen atoms in total. The van der Waals surface area contributed by atoms with E-state index in [1.807, 2.05) is 17.9 Å². The Kier molecular flexibility index (Phi) is 4.83. The largest absolute Gasteiger partial charge is 0.342 e. The van der Waals surface area contributed by atoms with E-state index in [-0.39, 0.29) is 11.2 Å². The number of hydrogen-bond acceptors (Lipinski definition) is 4. The Labute approximate surface area is 116 Å². The van der Waals surface area contributed by atoms with Gasteiger partial charge in [0.05, 0.1) is 5.75 Å². The molecule has 0 bridgehead atoms. The zero-order valence-corrected chi connectivity index (χ0v) is 11.9. The molecule has 6 heteroatoms. The van der Waals surface area contributed by atoms with Crippen LogP contribution in [0, 0.1) is 6.92 Å². The Morgan fingerprint density at radius 3 is 2.78 bits per heavy atom. The summed E-state index contributed by atoms with van der Waals surface area (Å²) in [5.74, 6) is 0.611. The third kappa shape index (κ3) is 3.85. The van der Waals surface area contributed by atoms with Gasteiger partial charge in [-0.3, -0.25) is 4.79 Å². The SMILES string of the molecule is Cc1cc(SCC(=O)N2CCCCC2)nc(Cl)n1. The summed E-state index contributed by atoms with van der Waals surface area (Å²) in [7, 11) is 0. The van der Waals surface area contributed by atoms with Gasteiger partial charge in [-0.25, -0.2) is 9.97 Å². The van der Waals surface area contributed by atoms with Gasteiger partial charge in [0.2, 0.25) is 11.2 Å². The van der Waals surface area contributed by atoms with Crippen LogP contribution < -0.4 is 0 Å². The van der Waals surface area contributed by atoms with Gasteiger partial charge in [-0.1, -0.05) is 11.8 Å². The predicted octanol–water partition coefficient (Wildman–Crippen LogP) is 2.54. The lowest BCUT2D eigenvalue weighted by atomic mass is 10.1. The van der Waals surface area contributed by atoms with Gasteiger partial charge in [0, 0.05) is 18.8 Å². The van der Waals surface area contributed by atoms with Crippen LogP contribution in [0.15, 0.2) is 11.1 Å². The van der Waals surface area contributed by atoms with Gasteiger partial charge in [0.15, 0.2) is 0 Å². The molecular formula is C12H16ClN3OS. The standard InChI is InChI=1S/C12H16ClN3OS/c1-9-7-10(15-12(13)14-9)18-8-11(17)16-5-3-2-4-6-16/h7H,2-6,8H2,1H3. The molecule has 1 saturated heterocycles. The zero-order valence-electron chi connectivity index (χ0n) is 10.4. The molecule has 1 aliphatic heterocycles. The third-order valence-electron chi connectivity index (χ3n) is 2.86. The second-order valence-corrected chi connectivity index (χ2v) is 5.68. The number of likely N-dealkylation sites (tertiary alicyclic amines) is 1. The molecule has 1 amide bonds. The van der Waals surface area contributed by atoms with Crippen LogP contribution >= 0.6 is 23.4 Å². The van der Waals surface area contributed by atoms with E-state index in [4.69, 9.17) is 11.6 Å². The molecule has 1 fully saturated rings. The number of aryl methyl sites for hydroxylation is 1. The first-order valence-corrected chi connectivity index (χ1v) is 7.43. The molecule has 0 unspecified atom stereocenters.